The zero-order chi connectivity index (χ0) is 15.9. The van der Waals surface area contributed by atoms with Crippen LogP contribution in [0.15, 0.2) is 95.9 Å². The molecule has 0 aliphatic carbocycles. The second-order valence-electron chi connectivity index (χ2n) is 4.96. The predicted octanol–water partition coefficient (Wildman–Crippen LogP) is 5.87. The van der Waals surface area contributed by atoms with Crippen molar-refractivity contribution in [1.82, 2.24) is 0 Å². The third-order valence-corrected chi connectivity index (χ3v) is 4.55. The zero-order valence-electron chi connectivity index (χ0n) is 12.5. The fourth-order valence-corrected chi connectivity index (χ4v) is 3.35. The van der Waals surface area contributed by atoms with Crippen LogP contribution in [0.4, 0.5) is 0 Å². The van der Waals surface area contributed by atoms with Gasteiger partial charge in [0.25, 0.3) is 0 Å². The van der Waals surface area contributed by atoms with Crippen molar-refractivity contribution in [2.75, 3.05) is 0 Å². The molecule has 0 fully saturated rings. The standard InChI is InChI=1S/C21H15NS/c22-16-20(17-10-4-1-5-11-17)21(18-12-6-2-7-13-18)23-19-14-8-3-9-15-19/h1-15H/b21-20-. The average Bonchev–Trinajstić information content (AvgIpc) is 2.64. The molecule has 0 N–H and O–H groups in total. The summed E-state index contributed by atoms with van der Waals surface area (Å²) in [7, 11) is 0. The van der Waals surface area contributed by atoms with Gasteiger partial charge < -0.3 is 0 Å². The maximum Gasteiger partial charge on any atom is 0.101 e. The Morgan fingerprint density at radius 1 is 0.652 bits per heavy atom. The molecule has 0 aliphatic rings. The van der Waals surface area contributed by atoms with E-state index in [0.717, 1.165) is 20.9 Å². The minimum absolute atomic E-state index is 0.700. The van der Waals surface area contributed by atoms with Crippen molar-refractivity contribution in [3.05, 3.63) is 102 Å². The Balaban J connectivity index is 2.15. The van der Waals surface area contributed by atoms with Gasteiger partial charge in [0.1, 0.15) is 6.07 Å². The van der Waals surface area contributed by atoms with Crippen LogP contribution in [0.2, 0.25) is 0 Å². The molecule has 0 heterocycles. The SMILES string of the molecule is N#C/C(=C(/Sc1ccccc1)c1ccccc1)c1ccccc1. The van der Waals surface area contributed by atoms with Gasteiger partial charge in [-0.15, -0.1) is 0 Å². The molecule has 0 unspecified atom stereocenters. The van der Waals surface area contributed by atoms with Crippen molar-refractivity contribution in [1.29, 1.82) is 5.26 Å². The molecule has 0 aliphatic heterocycles. The maximum atomic E-state index is 9.77. The molecule has 2 heteroatoms. The predicted molar refractivity (Wildman–Crippen MR) is 97.6 cm³/mol. The summed E-state index contributed by atoms with van der Waals surface area (Å²) in [6.07, 6.45) is 0. The summed E-state index contributed by atoms with van der Waals surface area (Å²) in [5, 5.41) is 9.77. The molecule has 0 atom stereocenters. The van der Waals surface area contributed by atoms with Crippen LogP contribution in [0.5, 0.6) is 0 Å². The number of rotatable bonds is 4. The summed E-state index contributed by atoms with van der Waals surface area (Å²) >= 11 is 1.63. The van der Waals surface area contributed by atoms with E-state index in [1.807, 2.05) is 78.9 Å². The Hall–Kier alpha value is -2.76. The summed E-state index contributed by atoms with van der Waals surface area (Å²) in [4.78, 5) is 2.10. The van der Waals surface area contributed by atoms with Crippen molar-refractivity contribution >= 4 is 22.2 Å². The largest absolute Gasteiger partial charge is 0.192 e. The van der Waals surface area contributed by atoms with Crippen LogP contribution in [0.3, 0.4) is 0 Å². The lowest BCUT2D eigenvalue weighted by molar-refractivity contribution is 1.47. The molecule has 0 radical (unpaired) electrons. The average molecular weight is 313 g/mol. The molecule has 1 nitrogen and oxygen atoms in total. The monoisotopic (exact) mass is 313 g/mol. The van der Waals surface area contributed by atoms with Crippen LogP contribution < -0.4 is 0 Å². The van der Waals surface area contributed by atoms with Crippen molar-refractivity contribution in [3.63, 3.8) is 0 Å². The van der Waals surface area contributed by atoms with E-state index in [9.17, 15) is 5.26 Å². The van der Waals surface area contributed by atoms with E-state index in [2.05, 4.69) is 18.2 Å². The minimum Gasteiger partial charge on any atom is -0.192 e. The number of nitrogens with zero attached hydrogens (tertiary/aromatic N) is 1. The van der Waals surface area contributed by atoms with Gasteiger partial charge in [0, 0.05) is 9.80 Å². The number of hydrogen-bond donors (Lipinski definition) is 0. The van der Waals surface area contributed by atoms with Crippen LogP contribution in [-0.4, -0.2) is 0 Å². The molecule has 23 heavy (non-hydrogen) atoms. The topological polar surface area (TPSA) is 23.8 Å². The first-order chi connectivity index (χ1) is 11.4. The Labute approximate surface area is 140 Å². The molecule has 0 aromatic heterocycles. The van der Waals surface area contributed by atoms with Gasteiger partial charge in [-0.25, -0.2) is 0 Å². The zero-order valence-corrected chi connectivity index (χ0v) is 13.3. The molecule has 0 saturated heterocycles. The first-order valence-electron chi connectivity index (χ1n) is 7.36. The first kappa shape index (κ1) is 15.1. The number of thioether (sulfide) groups is 1. The van der Waals surface area contributed by atoms with E-state index in [1.54, 1.807) is 11.8 Å². The van der Waals surface area contributed by atoms with Crippen molar-refractivity contribution < 1.29 is 0 Å². The van der Waals surface area contributed by atoms with Gasteiger partial charge in [-0.2, -0.15) is 5.26 Å². The van der Waals surface area contributed by atoms with Gasteiger partial charge >= 0.3 is 0 Å². The highest BCUT2D eigenvalue weighted by Gasteiger charge is 2.13. The summed E-state index contributed by atoms with van der Waals surface area (Å²) in [5.41, 5.74) is 2.70. The molecule has 3 aromatic rings. The lowest BCUT2D eigenvalue weighted by atomic mass is 10.0. The fraction of sp³-hybridized carbons (Fsp3) is 0. The van der Waals surface area contributed by atoms with Gasteiger partial charge in [-0.3, -0.25) is 0 Å². The van der Waals surface area contributed by atoms with Crippen molar-refractivity contribution in [2.45, 2.75) is 4.90 Å². The molecular weight excluding hydrogens is 298 g/mol. The molecule has 3 rings (SSSR count). The highest BCUT2D eigenvalue weighted by Crippen LogP contribution is 2.39. The third kappa shape index (κ3) is 3.71. The number of allylic oxidation sites excluding steroid dienone is 1. The van der Waals surface area contributed by atoms with E-state index in [-0.39, 0.29) is 0 Å². The van der Waals surface area contributed by atoms with Crippen molar-refractivity contribution in [3.8, 4) is 6.07 Å². The number of nitriles is 1. The van der Waals surface area contributed by atoms with Gasteiger partial charge in [0.05, 0.1) is 5.57 Å². The maximum absolute atomic E-state index is 9.77. The normalized spacial score (nSPS) is 11.4. The molecule has 0 amide bonds. The third-order valence-electron chi connectivity index (χ3n) is 3.40. The Morgan fingerprint density at radius 2 is 1.13 bits per heavy atom. The second-order valence-corrected chi connectivity index (χ2v) is 6.05. The quantitative estimate of drug-likeness (QED) is 0.341. The van der Waals surface area contributed by atoms with Crippen LogP contribution in [0.25, 0.3) is 10.5 Å². The Bertz CT molecular complexity index is 831. The van der Waals surface area contributed by atoms with Gasteiger partial charge in [-0.05, 0) is 23.3 Å². The molecule has 0 bridgehead atoms. The molecule has 3 aromatic carbocycles. The number of benzene rings is 3. The van der Waals surface area contributed by atoms with E-state index < -0.39 is 0 Å². The van der Waals surface area contributed by atoms with E-state index in [4.69, 9.17) is 0 Å². The van der Waals surface area contributed by atoms with Gasteiger partial charge in [0.2, 0.25) is 0 Å². The van der Waals surface area contributed by atoms with Crippen LogP contribution in [0.1, 0.15) is 11.1 Å². The molecule has 0 saturated carbocycles. The van der Waals surface area contributed by atoms with Crippen LogP contribution in [0, 0.1) is 11.3 Å². The highest BCUT2D eigenvalue weighted by molar-refractivity contribution is 8.08. The highest BCUT2D eigenvalue weighted by atomic mass is 32.2. The molecular formula is C21H15NS. The lowest BCUT2D eigenvalue weighted by Gasteiger charge is -2.11. The van der Waals surface area contributed by atoms with Crippen LogP contribution >= 0.6 is 11.8 Å². The van der Waals surface area contributed by atoms with E-state index >= 15 is 0 Å². The Kier molecular flexibility index (Phi) is 4.93. The second kappa shape index (κ2) is 7.49. The summed E-state index contributed by atoms with van der Waals surface area (Å²) in [5.74, 6) is 0. The smallest absolute Gasteiger partial charge is 0.101 e. The van der Waals surface area contributed by atoms with Crippen molar-refractivity contribution in [2.24, 2.45) is 0 Å². The fourth-order valence-electron chi connectivity index (χ4n) is 2.30. The summed E-state index contributed by atoms with van der Waals surface area (Å²) in [6, 6.07) is 32.5. The summed E-state index contributed by atoms with van der Waals surface area (Å²) < 4.78 is 0. The number of hydrogen-bond acceptors (Lipinski definition) is 2. The van der Waals surface area contributed by atoms with Crippen LogP contribution in [-0.2, 0) is 0 Å². The van der Waals surface area contributed by atoms with Gasteiger partial charge in [0.15, 0.2) is 0 Å². The Morgan fingerprint density at radius 3 is 1.65 bits per heavy atom. The lowest BCUT2D eigenvalue weighted by Crippen LogP contribution is -1.88. The molecule has 110 valence electrons. The molecule has 0 spiro atoms. The summed E-state index contributed by atoms with van der Waals surface area (Å²) in [6.45, 7) is 0. The minimum atomic E-state index is 0.700. The van der Waals surface area contributed by atoms with E-state index in [1.165, 1.54) is 0 Å². The van der Waals surface area contributed by atoms with E-state index in [0.29, 0.717) is 5.57 Å². The van der Waals surface area contributed by atoms with Gasteiger partial charge in [-0.1, -0.05) is 90.6 Å². The first-order valence-corrected chi connectivity index (χ1v) is 8.18.